The molecule has 0 saturated carbocycles. The van der Waals surface area contributed by atoms with Gasteiger partial charge in [0.1, 0.15) is 18.2 Å². The molecule has 26 heavy (non-hydrogen) atoms. The van der Waals surface area contributed by atoms with E-state index in [-0.39, 0.29) is 29.9 Å². The predicted octanol–water partition coefficient (Wildman–Crippen LogP) is 2.26. The van der Waals surface area contributed by atoms with Crippen LogP contribution in [0.4, 0.5) is 13.2 Å². The molecule has 1 aromatic carbocycles. The van der Waals surface area contributed by atoms with Crippen molar-refractivity contribution >= 4 is 10.0 Å². The molecule has 0 amide bonds. The number of rotatable bonds is 8. The molecule has 0 aliphatic heterocycles. The number of benzene rings is 1. The van der Waals surface area contributed by atoms with E-state index in [2.05, 4.69) is 19.9 Å². The molecule has 0 fully saturated rings. The van der Waals surface area contributed by atoms with Crippen molar-refractivity contribution in [3.8, 4) is 0 Å². The van der Waals surface area contributed by atoms with Gasteiger partial charge in [-0.3, -0.25) is 5.10 Å². The van der Waals surface area contributed by atoms with Crippen LogP contribution in [0.1, 0.15) is 36.8 Å². The van der Waals surface area contributed by atoms with E-state index in [0.717, 1.165) is 18.5 Å². The van der Waals surface area contributed by atoms with Gasteiger partial charge in [0.25, 0.3) is 0 Å². The molecule has 11 heteroatoms. The molecule has 2 rings (SSSR count). The van der Waals surface area contributed by atoms with E-state index in [9.17, 15) is 21.6 Å². The van der Waals surface area contributed by atoms with Crippen LogP contribution in [0.5, 0.6) is 0 Å². The van der Waals surface area contributed by atoms with Gasteiger partial charge in [0, 0.05) is 0 Å². The van der Waals surface area contributed by atoms with Gasteiger partial charge in [-0.15, -0.1) is 0 Å². The molecule has 1 atom stereocenters. The maximum absolute atomic E-state index is 13.0. The predicted molar refractivity (Wildman–Crippen MR) is 87.7 cm³/mol. The van der Waals surface area contributed by atoms with Gasteiger partial charge in [-0.1, -0.05) is 12.1 Å². The number of hydrogen-bond donors (Lipinski definition) is 2. The number of sulfonamides is 1. The highest BCUT2D eigenvalue weighted by Crippen LogP contribution is 2.31. The fourth-order valence-electron chi connectivity index (χ4n) is 2.16. The highest BCUT2D eigenvalue weighted by Gasteiger charge is 2.32. The van der Waals surface area contributed by atoms with E-state index in [1.165, 1.54) is 12.1 Å². The molecule has 0 unspecified atom stereocenters. The first kappa shape index (κ1) is 20.3. The van der Waals surface area contributed by atoms with Gasteiger partial charge in [-0.2, -0.15) is 23.0 Å². The van der Waals surface area contributed by atoms with Crippen molar-refractivity contribution in [2.24, 2.45) is 0 Å². The van der Waals surface area contributed by atoms with E-state index < -0.39 is 27.8 Å². The van der Waals surface area contributed by atoms with E-state index in [1.54, 1.807) is 13.8 Å². The summed E-state index contributed by atoms with van der Waals surface area (Å²) >= 11 is 0. The van der Waals surface area contributed by atoms with E-state index in [1.807, 2.05) is 0 Å². The Morgan fingerprint density at radius 3 is 2.62 bits per heavy atom. The third-order valence-electron chi connectivity index (χ3n) is 3.36. The second-order valence-electron chi connectivity index (χ2n) is 5.78. The molecule has 0 spiro atoms. The average molecular weight is 392 g/mol. The van der Waals surface area contributed by atoms with E-state index in [0.29, 0.717) is 0 Å². The molecule has 0 bridgehead atoms. The van der Waals surface area contributed by atoms with Crippen LogP contribution in [0.3, 0.4) is 0 Å². The summed E-state index contributed by atoms with van der Waals surface area (Å²) in [6.07, 6.45) is -3.54. The van der Waals surface area contributed by atoms with Crippen molar-refractivity contribution in [3.63, 3.8) is 0 Å². The maximum atomic E-state index is 13.0. The summed E-state index contributed by atoms with van der Waals surface area (Å²) in [7, 11) is -3.84. The molecule has 2 aromatic rings. The molecular formula is C15H19F3N4O3S. The normalized spacial score (nSPS) is 13.9. The first-order valence-electron chi connectivity index (χ1n) is 7.72. The molecule has 7 nitrogen and oxygen atoms in total. The largest absolute Gasteiger partial charge is 0.416 e. The molecule has 0 aliphatic rings. The Bertz CT molecular complexity index is 808. The lowest BCUT2D eigenvalue weighted by molar-refractivity contribution is -0.137. The second kappa shape index (κ2) is 8.14. The standard InChI is InChI=1S/C15H19F3N4O3S/c1-10(2)25-6-7-26(23,24)22-13(14-19-9-20-21-14)11-4-3-5-12(8-11)15(16,17)18/h3-5,8-10,13,22H,6-7H2,1-2H3,(H,19,20,21)/t13-/m0/s1. The zero-order valence-corrected chi connectivity index (χ0v) is 14.9. The number of H-pyrrole nitrogens is 1. The van der Waals surface area contributed by atoms with E-state index >= 15 is 0 Å². The van der Waals surface area contributed by atoms with Crippen molar-refractivity contribution in [2.75, 3.05) is 12.4 Å². The molecule has 0 saturated heterocycles. The average Bonchev–Trinajstić information content (AvgIpc) is 3.05. The minimum absolute atomic E-state index is 0.0429. The monoisotopic (exact) mass is 392 g/mol. The zero-order valence-electron chi connectivity index (χ0n) is 14.1. The van der Waals surface area contributed by atoms with Crippen molar-refractivity contribution in [2.45, 2.75) is 32.2 Å². The van der Waals surface area contributed by atoms with Gasteiger partial charge >= 0.3 is 6.18 Å². The smallest absolute Gasteiger partial charge is 0.378 e. The van der Waals surface area contributed by atoms with Crippen molar-refractivity contribution < 1.29 is 26.3 Å². The molecule has 0 radical (unpaired) electrons. The summed E-state index contributed by atoms with van der Waals surface area (Å²) in [5, 5.41) is 6.13. The van der Waals surface area contributed by atoms with Gasteiger partial charge in [0.05, 0.1) is 24.0 Å². The minimum Gasteiger partial charge on any atom is -0.378 e. The van der Waals surface area contributed by atoms with Crippen molar-refractivity contribution in [1.29, 1.82) is 0 Å². The lowest BCUT2D eigenvalue weighted by Gasteiger charge is -2.18. The van der Waals surface area contributed by atoms with Crippen molar-refractivity contribution in [1.82, 2.24) is 19.9 Å². The summed E-state index contributed by atoms with van der Waals surface area (Å²) in [4.78, 5) is 3.87. The Balaban J connectivity index is 2.29. The number of hydrogen-bond acceptors (Lipinski definition) is 5. The number of aromatic nitrogens is 3. The highest BCUT2D eigenvalue weighted by molar-refractivity contribution is 7.89. The van der Waals surface area contributed by atoms with Crippen LogP contribution in [-0.2, 0) is 20.9 Å². The number of halogens is 3. The molecule has 1 heterocycles. The fourth-order valence-corrected chi connectivity index (χ4v) is 3.20. The van der Waals surface area contributed by atoms with Gasteiger partial charge in [-0.05, 0) is 31.5 Å². The quantitative estimate of drug-likeness (QED) is 0.718. The van der Waals surface area contributed by atoms with E-state index in [4.69, 9.17) is 4.74 Å². The Kier molecular flexibility index (Phi) is 6.37. The lowest BCUT2D eigenvalue weighted by Crippen LogP contribution is -2.33. The summed E-state index contributed by atoms with van der Waals surface area (Å²) in [5.74, 6) is -0.257. The summed E-state index contributed by atoms with van der Waals surface area (Å²) in [6.45, 7) is 3.48. The summed E-state index contributed by atoms with van der Waals surface area (Å²) in [5.41, 5.74) is -0.799. The van der Waals surface area contributed by atoms with Crippen LogP contribution in [0, 0.1) is 0 Å². The minimum atomic E-state index is -4.55. The number of nitrogens with zero attached hydrogens (tertiary/aromatic N) is 2. The molecule has 2 N–H and O–H groups in total. The maximum Gasteiger partial charge on any atom is 0.416 e. The van der Waals surface area contributed by atoms with Crippen LogP contribution in [0.2, 0.25) is 0 Å². The lowest BCUT2D eigenvalue weighted by atomic mass is 10.0. The van der Waals surface area contributed by atoms with Crippen molar-refractivity contribution in [3.05, 3.63) is 47.5 Å². The molecule has 144 valence electrons. The van der Waals surface area contributed by atoms with Crippen LogP contribution >= 0.6 is 0 Å². The fraction of sp³-hybridized carbons (Fsp3) is 0.467. The van der Waals surface area contributed by atoms with Crippen LogP contribution in [-0.4, -0.2) is 42.1 Å². The van der Waals surface area contributed by atoms with Crippen LogP contribution in [0.25, 0.3) is 0 Å². The highest BCUT2D eigenvalue weighted by atomic mass is 32.2. The Labute approximate surface area is 149 Å². The number of nitrogens with one attached hydrogen (secondary N) is 2. The van der Waals surface area contributed by atoms with Crippen LogP contribution in [0.15, 0.2) is 30.6 Å². The third kappa shape index (κ3) is 5.78. The Morgan fingerprint density at radius 2 is 2.04 bits per heavy atom. The van der Waals surface area contributed by atoms with Gasteiger partial charge in [0.15, 0.2) is 0 Å². The molecule has 0 aliphatic carbocycles. The molecule has 1 aromatic heterocycles. The number of aromatic amines is 1. The molecular weight excluding hydrogens is 373 g/mol. The topological polar surface area (TPSA) is 97.0 Å². The third-order valence-corrected chi connectivity index (χ3v) is 4.65. The summed E-state index contributed by atoms with van der Waals surface area (Å²) < 4.78 is 71.1. The van der Waals surface area contributed by atoms with Gasteiger partial charge < -0.3 is 4.74 Å². The number of alkyl halides is 3. The van der Waals surface area contributed by atoms with Gasteiger partial charge in [0.2, 0.25) is 10.0 Å². The van der Waals surface area contributed by atoms with Crippen LogP contribution < -0.4 is 4.72 Å². The first-order valence-corrected chi connectivity index (χ1v) is 9.38. The first-order chi connectivity index (χ1) is 12.1. The Hall–Kier alpha value is -1.98. The SMILES string of the molecule is CC(C)OCCS(=O)(=O)N[C@@H](c1cccc(C(F)(F)F)c1)c1ncn[nH]1. The number of ether oxygens (including phenoxy) is 1. The zero-order chi connectivity index (χ0) is 19.4. The Morgan fingerprint density at radius 1 is 1.31 bits per heavy atom. The van der Waals surface area contributed by atoms with Gasteiger partial charge in [-0.25, -0.2) is 13.4 Å². The second-order valence-corrected chi connectivity index (χ2v) is 7.66. The summed E-state index contributed by atoms with van der Waals surface area (Å²) in [6, 6.07) is 3.24.